The number of fused-ring (bicyclic) bond motifs is 1. The highest BCUT2D eigenvalue weighted by Gasteiger charge is 2.39. The van der Waals surface area contributed by atoms with Gasteiger partial charge in [0.1, 0.15) is 6.04 Å². The number of rotatable bonds is 1. The van der Waals surface area contributed by atoms with Crippen LogP contribution in [0, 0.1) is 0 Å². The summed E-state index contributed by atoms with van der Waals surface area (Å²) in [6.45, 7) is 0.327. The fourth-order valence-electron chi connectivity index (χ4n) is 2.61. The third-order valence-corrected chi connectivity index (χ3v) is 3.62. The molecule has 2 aliphatic rings. The third-order valence-electron chi connectivity index (χ3n) is 3.62. The molecule has 6 nitrogen and oxygen atoms in total. The third kappa shape index (κ3) is 2.12. The summed E-state index contributed by atoms with van der Waals surface area (Å²) in [5.74, 6) is -0.891. The lowest BCUT2D eigenvalue weighted by Gasteiger charge is -2.29. The normalized spacial score (nSPS) is 21.3. The Morgan fingerprint density at radius 3 is 2.65 bits per heavy atom. The van der Waals surface area contributed by atoms with E-state index in [1.165, 1.54) is 4.90 Å². The molecule has 3 rings (SSSR count). The minimum atomic E-state index is -0.586. The molecule has 0 aromatic heterocycles. The van der Waals surface area contributed by atoms with E-state index < -0.39 is 11.9 Å². The maximum atomic E-state index is 12.3. The van der Waals surface area contributed by atoms with Crippen LogP contribution in [0.3, 0.4) is 0 Å². The van der Waals surface area contributed by atoms with Crippen molar-refractivity contribution < 1.29 is 14.4 Å². The Morgan fingerprint density at radius 1 is 1.25 bits per heavy atom. The molecular formula is C13H14ClN3O3. The van der Waals surface area contributed by atoms with E-state index in [0.29, 0.717) is 24.2 Å². The van der Waals surface area contributed by atoms with E-state index in [2.05, 4.69) is 5.32 Å². The molecule has 1 atom stereocenters. The summed E-state index contributed by atoms with van der Waals surface area (Å²) in [4.78, 5) is 36.7. The average Bonchev–Trinajstić information content (AvgIpc) is 2.69. The topological polar surface area (TPSA) is 92.5 Å². The molecule has 106 valence electrons. The number of hydrogen-bond acceptors (Lipinski definition) is 4. The van der Waals surface area contributed by atoms with Crippen LogP contribution >= 0.6 is 12.4 Å². The minimum absolute atomic E-state index is 0. The number of carbonyl (C=O) groups is 3. The first-order valence-electron chi connectivity index (χ1n) is 6.10. The van der Waals surface area contributed by atoms with Gasteiger partial charge in [-0.25, -0.2) is 0 Å². The van der Waals surface area contributed by atoms with Crippen molar-refractivity contribution in [3.63, 3.8) is 0 Å². The number of nitrogens with two attached hydrogens (primary N) is 1. The van der Waals surface area contributed by atoms with Crippen LogP contribution in [0.4, 0.5) is 5.69 Å². The molecule has 3 amide bonds. The highest BCUT2D eigenvalue weighted by atomic mass is 35.5. The molecule has 0 spiro atoms. The van der Waals surface area contributed by atoms with Gasteiger partial charge in [-0.05, 0) is 18.6 Å². The van der Waals surface area contributed by atoms with E-state index in [1.54, 1.807) is 18.2 Å². The minimum Gasteiger partial charge on any atom is -0.398 e. The summed E-state index contributed by atoms with van der Waals surface area (Å²) in [5.41, 5.74) is 7.71. The van der Waals surface area contributed by atoms with Crippen molar-refractivity contribution in [3.05, 3.63) is 29.3 Å². The first-order valence-corrected chi connectivity index (χ1v) is 6.10. The van der Waals surface area contributed by atoms with E-state index in [1.807, 2.05) is 0 Å². The SMILES string of the molecule is Cl.Nc1cccc2c1CN(C1CCC(=O)NC1=O)C2=O. The van der Waals surface area contributed by atoms with Crippen LogP contribution in [0.1, 0.15) is 28.8 Å². The number of benzene rings is 1. The molecule has 2 heterocycles. The number of nitrogen functional groups attached to an aromatic ring is 1. The number of amides is 3. The predicted octanol–water partition coefficient (Wildman–Crippen LogP) is 0.452. The Balaban J connectivity index is 0.00000147. The quantitative estimate of drug-likeness (QED) is 0.581. The number of anilines is 1. The second-order valence-electron chi connectivity index (χ2n) is 4.77. The van der Waals surface area contributed by atoms with E-state index in [-0.39, 0.29) is 30.6 Å². The lowest BCUT2D eigenvalue weighted by atomic mass is 10.0. The summed E-state index contributed by atoms with van der Waals surface area (Å²) in [5, 5.41) is 2.27. The molecular weight excluding hydrogens is 282 g/mol. The van der Waals surface area contributed by atoms with Gasteiger partial charge < -0.3 is 10.6 Å². The molecule has 2 aliphatic heterocycles. The van der Waals surface area contributed by atoms with Gasteiger partial charge in [-0.3, -0.25) is 19.7 Å². The maximum absolute atomic E-state index is 12.3. The van der Waals surface area contributed by atoms with Crippen molar-refractivity contribution in [2.45, 2.75) is 25.4 Å². The van der Waals surface area contributed by atoms with Gasteiger partial charge in [-0.15, -0.1) is 12.4 Å². The number of nitrogens with zero attached hydrogens (tertiary/aromatic N) is 1. The zero-order valence-corrected chi connectivity index (χ0v) is 11.4. The van der Waals surface area contributed by atoms with Crippen LogP contribution in [0.2, 0.25) is 0 Å². The summed E-state index contributed by atoms with van der Waals surface area (Å²) in [7, 11) is 0. The van der Waals surface area contributed by atoms with Crippen LogP contribution in [-0.2, 0) is 16.1 Å². The first-order chi connectivity index (χ1) is 9.08. The molecule has 20 heavy (non-hydrogen) atoms. The molecule has 1 aromatic rings. The number of piperidine rings is 1. The largest absolute Gasteiger partial charge is 0.398 e. The molecule has 1 saturated heterocycles. The van der Waals surface area contributed by atoms with Crippen LogP contribution in [0.5, 0.6) is 0 Å². The van der Waals surface area contributed by atoms with E-state index in [9.17, 15) is 14.4 Å². The van der Waals surface area contributed by atoms with Gasteiger partial charge in [-0.2, -0.15) is 0 Å². The second-order valence-corrected chi connectivity index (χ2v) is 4.77. The second kappa shape index (κ2) is 5.13. The zero-order valence-electron chi connectivity index (χ0n) is 10.6. The molecule has 0 aliphatic carbocycles. The highest BCUT2D eigenvalue weighted by Crippen LogP contribution is 2.30. The van der Waals surface area contributed by atoms with E-state index in [0.717, 1.165) is 5.56 Å². The lowest BCUT2D eigenvalue weighted by molar-refractivity contribution is -0.136. The molecule has 0 bridgehead atoms. The van der Waals surface area contributed by atoms with Gasteiger partial charge in [0.2, 0.25) is 11.8 Å². The van der Waals surface area contributed by atoms with E-state index in [4.69, 9.17) is 5.73 Å². The van der Waals surface area contributed by atoms with Crippen molar-refractivity contribution >= 4 is 35.8 Å². The van der Waals surface area contributed by atoms with Gasteiger partial charge in [0.15, 0.2) is 0 Å². The van der Waals surface area contributed by atoms with Crippen molar-refractivity contribution in [1.82, 2.24) is 10.2 Å². The maximum Gasteiger partial charge on any atom is 0.255 e. The number of carbonyl (C=O) groups excluding carboxylic acids is 3. The Labute approximate surface area is 121 Å². The molecule has 1 aromatic carbocycles. The van der Waals surface area contributed by atoms with Crippen LogP contribution in [0.25, 0.3) is 0 Å². The Kier molecular flexibility index (Phi) is 3.67. The molecule has 1 unspecified atom stereocenters. The fraction of sp³-hybridized carbons (Fsp3) is 0.308. The standard InChI is InChI=1S/C13H13N3O3.ClH/c14-9-3-1-2-7-8(9)6-16(13(7)19)10-4-5-11(17)15-12(10)18;/h1-3,10H,4-6,14H2,(H,15,17,18);1H. The Hall–Kier alpha value is -2.08. The number of halogens is 1. The van der Waals surface area contributed by atoms with E-state index >= 15 is 0 Å². The average molecular weight is 296 g/mol. The van der Waals surface area contributed by atoms with Gasteiger partial charge in [0, 0.05) is 29.8 Å². The van der Waals surface area contributed by atoms with Crippen molar-refractivity contribution in [3.8, 4) is 0 Å². The molecule has 1 fully saturated rings. The van der Waals surface area contributed by atoms with Crippen LogP contribution < -0.4 is 11.1 Å². The number of imide groups is 1. The summed E-state index contributed by atoms with van der Waals surface area (Å²) >= 11 is 0. The predicted molar refractivity (Wildman–Crippen MR) is 74.1 cm³/mol. The van der Waals surface area contributed by atoms with Gasteiger partial charge >= 0.3 is 0 Å². The smallest absolute Gasteiger partial charge is 0.255 e. The summed E-state index contributed by atoms with van der Waals surface area (Å²) in [6.07, 6.45) is 0.621. The highest BCUT2D eigenvalue weighted by molar-refractivity contribution is 6.06. The first kappa shape index (κ1) is 14.3. The van der Waals surface area contributed by atoms with Gasteiger partial charge in [0.05, 0.1) is 0 Å². The Bertz CT molecular complexity index is 603. The molecule has 0 saturated carbocycles. The van der Waals surface area contributed by atoms with Crippen LogP contribution in [-0.4, -0.2) is 28.7 Å². The summed E-state index contributed by atoms with van der Waals surface area (Å²) < 4.78 is 0. The van der Waals surface area contributed by atoms with Gasteiger partial charge in [0.25, 0.3) is 5.91 Å². The van der Waals surface area contributed by atoms with Crippen molar-refractivity contribution in [1.29, 1.82) is 0 Å². The fourth-order valence-corrected chi connectivity index (χ4v) is 2.61. The van der Waals surface area contributed by atoms with Crippen molar-refractivity contribution in [2.24, 2.45) is 0 Å². The number of nitrogens with one attached hydrogen (secondary N) is 1. The molecule has 7 heteroatoms. The van der Waals surface area contributed by atoms with Gasteiger partial charge in [-0.1, -0.05) is 6.07 Å². The lowest BCUT2D eigenvalue weighted by Crippen LogP contribution is -2.52. The molecule has 0 radical (unpaired) electrons. The summed E-state index contributed by atoms with van der Waals surface area (Å²) in [6, 6.07) is 4.58. The zero-order chi connectivity index (χ0) is 13.6. The van der Waals surface area contributed by atoms with Crippen LogP contribution in [0.15, 0.2) is 18.2 Å². The monoisotopic (exact) mass is 295 g/mol. The Morgan fingerprint density at radius 2 is 2.00 bits per heavy atom. The van der Waals surface area contributed by atoms with Crippen molar-refractivity contribution in [2.75, 3.05) is 5.73 Å². The number of hydrogen-bond donors (Lipinski definition) is 2. The molecule has 3 N–H and O–H groups in total.